The molecule has 27 heavy (non-hydrogen) atoms. The molecular formula is C21H19NO5. The molecule has 0 fully saturated rings. The second-order valence-electron chi connectivity index (χ2n) is 5.74. The lowest BCUT2D eigenvalue weighted by Crippen LogP contribution is -1.98. The summed E-state index contributed by atoms with van der Waals surface area (Å²) in [5.74, 6) is 0.431. The molecule has 6 nitrogen and oxygen atoms in total. The maximum absolute atomic E-state index is 11.3. The molecule has 1 heterocycles. The Morgan fingerprint density at radius 3 is 2.78 bits per heavy atom. The third-order valence-corrected chi connectivity index (χ3v) is 3.80. The van der Waals surface area contributed by atoms with Crippen LogP contribution in [0, 0.1) is 0 Å². The molecule has 0 aliphatic rings. The summed E-state index contributed by atoms with van der Waals surface area (Å²) in [6.07, 6.45) is 3.15. The minimum absolute atomic E-state index is 0.218. The fraction of sp³-hybridized carbons (Fsp3) is 0.143. The average Bonchev–Trinajstić information content (AvgIpc) is 3.10. The molecule has 1 aromatic heterocycles. The number of aromatic nitrogens is 1. The van der Waals surface area contributed by atoms with E-state index in [-0.39, 0.29) is 12.3 Å². The number of carboxylic acid groups (broad SMARTS) is 1. The van der Waals surface area contributed by atoms with Crippen molar-refractivity contribution < 1.29 is 23.8 Å². The fourth-order valence-corrected chi connectivity index (χ4v) is 2.60. The summed E-state index contributed by atoms with van der Waals surface area (Å²) in [7, 11) is 1.54. The van der Waals surface area contributed by atoms with Gasteiger partial charge in [-0.2, -0.15) is 0 Å². The van der Waals surface area contributed by atoms with E-state index >= 15 is 0 Å². The van der Waals surface area contributed by atoms with Crippen molar-refractivity contribution in [3.8, 4) is 11.5 Å². The smallest absolute Gasteiger partial charge is 0.308 e. The van der Waals surface area contributed by atoms with Gasteiger partial charge in [-0.15, -0.1) is 0 Å². The van der Waals surface area contributed by atoms with Crippen molar-refractivity contribution in [2.45, 2.75) is 6.42 Å². The highest BCUT2D eigenvalue weighted by Gasteiger charge is 2.15. The molecule has 0 aliphatic heterocycles. The summed E-state index contributed by atoms with van der Waals surface area (Å²) >= 11 is 0. The summed E-state index contributed by atoms with van der Waals surface area (Å²) in [5.41, 5.74) is 2.49. The van der Waals surface area contributed by atoms with Gasteiger partial charge in [0.25, 0.3) is 0 Å². The van der Waals surface area contributed by atoms with Gasteiger partial charge in [0, 0.05) is 5.57 Å². The number of rotatable bonds is 8. The first-order chi connectivity index (χ1) is 13.1. The van der Waals surface area contributed by atoms with Crippen molar-refractivity contribution in [2.75, 3.05) is 13.7 Å². The number of nitrogens with zero attached hydrogens (tertiary/aromatic N) is 1. The van der Waals surface area contributed by atoms with E-state index in [0.29, 0.717) is 34.8 Å². The van der Waals surface area contributed by atoms with Gasteiger partial charge in [-0.3, -0.25) is 4.79 Å². The normalized spacial score (nSPS) is 11.4. The maximum atomic E-state index is 11.3. The zero-order valence-corrected chi connectivity index (χ0v) is 14.8. The fourth-order valence-electron chi connectivity index (χ4n) is 2.60. The largest absolute Gasteiger partial charge is 0.493 e. The van der Waals surface area contributed by atoms with E-state index in [2.05, 4.69) is 11.6 Å². The van der Waals surface area contributed by atoms with Gasteiger partial charge in [0.2, 0.25) is 5.89 Å². The number of para-hydroxylation sites is 2. The second-order valence-corrected chi connectivity index (χ2v) is 5.74. The van der Waals surface area contributed by atoms with Gasteiger partial charge >= 0.3 is 5.97 Å². The van der Waals surface area contributed by atoms with Crippen LogP contribution in [0.15, 0.2) is 59.5 Å². The summed E-state index contributed by atoms with van der Waals surface area (Å²) in [5, 5.41) is 9.28. The Morgan fingerprint density at radius 1 is 1.26 bits per heavy atom. The second kappa shape index (κ2) is 8.23. The van der Waals surface area contributed by atoms with Crippen LogP contribution in [0.5, 0.6) is 11.5 Å². The van der Waals surface area contributed by atoms with Crippen LogP contribution < -0.4 is 9.47 Å². The zero-order chi connectivity index (χ0) is 19.2. The molecule has 0 atom stereocenters. The third-order valence-electron chi connectivity index (χ3n) is 3.80. The first-order valence-electron chi connectivity index (χ1n) is 8.30. The molecule has 0 saturated carbocycles. The van der Waals surface area contributed by atoms with E-state index in [1.54, 1.807) is 37.5 Å². The number of carboxylic acids is 1. The molecule has 0 bridgehead atoms. The topological polar surface area (TPSA) is 81.8 Å². The minimum Gasteiger partial charge on any atom is -0.493 e. The monoisotopic (exact) mass is 365 g/mol. The predicted molar refractivity (Wildman–Crippen MR) is 103 cm³/mol. The Morgan fingerprint density at radius 2 is 2.07 bits per heavy atom. The Balaban J connectivity index is 2.00. The Kier molecular flexibility index (Phi) is 5.56. The van der Waals surface area contributed by atoms with Gasteiger partial charge in [0.15, 0.2) is 17.1 Å². The zero-order valence-electron chi connectivity index (χ0n) is 14.8. The minimum atomic E-state index is -0.971. The Hall–Kier alpha value is -3.54. The van der Waals surface area contributed by atoms with Gasteiger partial charge in [0.05, 0.1) is 13.5 Å². The van der Waals surface area contributed by atoms with Crippen molar-refractivity contribution in [3.05, 3.63) is 66.6 Å². The van der Waals surface area contributed by atoms with Crippen LogP contribution in [0.3, 0.4) is 0 Å². The van der Waals surface area contributed by atoms with E-state index in [9.17, 15) is 9.90 Å². The summed E-state index contributed by atoms with van der Waals surface area (Å²) in [6, 6.07) is 12.6. The van der Waals surface area contributed by atoms with E-state index in [4.69, 9.17) is 13.9 Å². The molecule has 2 aromatic carbocycles. The molecule has 1 N–H and O–H groups in total. The van der Waals surface area contributed by atoms with Gasteiger partial charge in [-0.1, -0.05) is 30.9 Å². The first kappa shape index (κ1) is 18.3. The van der Waals surface area contributed by atoms with Crippen molar-refractivity contribution in [1.82, 2.24) is 4.98 Å². The molecular weight excluding hydrogens is 346 g/mol. The molecule has 3 aromatic rings. The number of ether oxygens (including phenoxy) is 2. The van der Waals surface area contributed by atoms with E-state index in [1.165, 1.54) is 0 Å². The van der Waals surface area contributed by atoms with E-state index in [0.717, 1.165) is 5.56 Å². The van der Waals surface area contributed by atoms with E-state index < -0.39 is 5.97 Å². The number of hydrogen-bond acceptors (Lipinski definition) is 5. The van der Waals surface area contributed by atoms with Gasteiger partial charge < -0.3 is 19.0 Å². The third kappa shape index (κ3) is 4.36. The number of fused-ring (bicyclic) bond motifs is 1. The van der Waals surface area contributed by atoms with Crippen molar-refractivity contribution >= 4 is 28.7 Å². The van der Waals surface area contributed by atoms with E-state index in [1.807, 2.05) is 24.3 Å². The highest BCUT2D eigenvalue weighted by atomic mass is 16.5. The van der Waals surface area contributed by atoms with Crippen LogP contribution >= 0.6 is 0 Å². The summed E-state index contributed by atoms with van der Waals surface area (Å²) in [4.78, 5) is 15.7. The molecule has 0 unspecified atom stereocenters. The molecule has 0 aliphatic carbocycles. The number of benzene rings is 2. The van der Waals surface area contributed by atoms with Gasteiger partial charge in [0.1, 0.15) is 12.1 Å². The van der Waals surface area contributed by atoms with Crippen LogP contribution in [0.1, 0.15) is 17.9 Å². The lowest BCUT2D eigenvalue weighted by molar-refractivity contribution is -0.135. The van der Waals surface area contributed by atoms with Crippen molar-refractivity contribution in [2.24, 2.45) is 0 Å². The molecule has 138 valence electrons. The molecule has 6 heteroatoms. The first-order valence-corrected chi connectivity index (χ1v) is 8.30. The van der Waals surface area contributed by atoms with Crippen LogP contribution in [0.4, 0.5) is 0 Å². The van der Waals surface area contributed by atoms with Gasteiger partial charge in [-0.25, -0.2) is 4.98 Å². The van der Waals surface area contributed by atoms with Crippen LogP contribution in [-0.4, -0.2) is 29.8 Å². The molecule has 0 saturated heterocycles. The number of carbonyl (C=O) groups is 1. The van der Waals surface area contributed by atoms with Crippen LogP contribution in [0.2, 0.25) is 0 Å². The van der Waals surface area contributed by atoms with Crippen molar-refractivity contribution in [1.29, 1.82) is 0 Å². The SMILES string of the molecule is C=CCOc1ccc(/C=C(\CC(=O)O)c2nc3ccccc3o2)cc1OC. The quantitative estimate of drug-likeness (QED) is 0.595. The summed E-state index contributed by atoms with van der Waals surface area (Å²) < 4.78 is 16.6. The average molecular weight is 365 g/mol. The van der Waals surface area contributed by atoms with Gasteiger partial charge in [-0.05, 0) is 35.9 Å². The molecule has 0 spiro atoms. The highest BCUT2D eigenvalue weighted by Crippen LogP contribution is 2.31. The van der Waals surface area contributed by atoms with Crippen molar-refractivity contribution in [3.63, 3.8) is 0 Å². The predicted octanol–water partition coefficient (Wildman–Crippen LogP) is 4.42. The lowest BCUT2D eigenvalue weighted by atomic mass is 10.1. The maximum Gasteiger partial charge on any atom is 0.308 e. The Labute approximate surface area is 156 Å². The van der Waals surface area contributed by atoms with Crippen LogP contribution in [0.25, 0.3) is 22.7 Å². The molecule has 0 radical (unpaired) electrons. The molecule has 3 rings (SSSR count). The lowest BCUT2D eigenvalue weighted by Gasteiger charge is -2.10. The summed E-state index contributed by atoms with van der Waals surface area (Å²) in [6.45, 7) is 3.98. The number of oxazole rings is 1. The standard InChI is InChI=1S/C21H19NO5/c1-3-10-26-18-9-8-14(12-19(18)25-2)11-15(13-20(23)24)21-22-16-6-4-5-7-17(16)27-21/h3-9,11-12H,1,10,13H2,2H3,(H,23,24)/b15-11+. The number of hydrogen-bond donors (Lipinski definition) is 1. The highest BCUT2D eigenvalue weighted by molar-refractivity contribution is 5.91. The van der Waals surface area contributed by atoms with Crippen LogP contribution in [-0.2, 0) is 4.79 Å². The number of aliphatic carboxylic acids is 1. The number of methoxy groups -OCH3 is 1. The Bertz CT molecular complexity index is 970. The molecule has 0 amide bonds.